The summed E-state index contributed by atoms with van der Waals surface area (Å²) in [4.78, 5) is 4.34. The highest BCUT2D eigenvalue weighted by molar-refractivity contribution is 7.92. The van der Waals surface area contributed by atoms with E-state index in [2.05, 4.69) is 21.7 Å². The molecule has 0 unspecified atom stereocenters. The van der Waals surface area contributed by atoms with E-state index in [9.17, 15) is 8.42 Å². The zero-order valence-corrected chi connectivity index (χ0v) is 18.4. The molecule has 0 amide bonds. The molecule has 7 nitrogen and oxygen atoms in total. The predicted octanol–water partition coefficient (Wildman–Crippen LogP) is 4.45. The molecule has 0 bridgehead atoms. The van der Waals surface area contributed by atoms with E-state index in [0.717, 1.165) is 35.6 Å². The van der Waals surface area contributed by atoms with Gasteiger partial charge in [-0.3, -0.25) is 4.72 Å². The van der Waals surface area contributed by atoms with E-state index in [1.54, 1.807) is 29.1 Å². The smallest absolute Gasteiger partial charge is 0.263 e. The average Bonchev–Trinajstić information content (AvgIpc) is 3.11. The second-order valence-electron chi connectivity index (χ2n) is 7.50. The number of rotatable bonds is 7. The van der Waals surface area contributed by atoms with Crippen LogP contribution in [0.25, 0.3) is 16.5 Å². The van der Waals surface area contributed by atoms with E-state index < -0.39 is 10.0 Å². The minimum atomic E-state index is -3.78. The summed E-state index contributed by atoms with van der Waals surface area (Å²) in [5, 5.41) is 6.13. The number of hydrogen-bond acceptors (Lipinski definition) is 5. The van der Waals surface area contributed by atoms with E-state index in [4.69, 9.17) is 5.73 Å². The number of aryl methyl sites for hydroxylation is 2. The van der Waals surface area contributed by atoms with Crippen molar-refractivity contribution in [3.05, 3.63) is 72.1 Å². The lowest BCUT2D eigenvalue weighted by atomic mass is 10.1. The number of benzene rings is 2. The first kappa shape index (κ1) is 20.9. The van der Waals surface area contributed by atoms with Crippen molar-refractivity contribution in [1.29, 1.82) is 0 Å². The number of unbranched alkanes of at least 4 members (excludes halogenated alkanes) is 1. The van der Waals surface area contributed by atoms with E-state index in [1.165, 1.54) is 0 Å². The van der Waals surface area contributed by atoms with E-state index in [-0.39, 0.29) is 4.90 Å². The third kappa shape index (κ3) is 4.25. The lowest BCUT2D eigenvalue weighted by molar-refractivity contribution is 0.600. The summed E-state index contributed by atoms with van der Waals surface area (Å²) in [7, 11) is -3.78. The van der Waals surface area contributed by atoms with Gasteiger partial charge in [0.05, 0.1) is 16.3 Å². The zero-order chi connectivity index (χ0) is 22.0. The molecular formula is C23H25N5O2S. The van der Waals surface area contributed by atoms with E-state index >= 15 is 0 Å². The highest BCUT2D eigenvalue weighted by Crippen LogP contribution is 2.28. The van der Waals surface area contributed by atoms with Gasteiger partial charge in [0.2, 0.25) is 0 Å². The number of nitrogens with two attached hydrogens (primary N) is 1. The number of pyridine rings is 1. The summed E-state index contributed by atoms with van der Waals surface area (Å²) in [6, 6.07) is 16.2. The number of nitrogens with one attached hydrogen (secondary N) is 1. The maximum absolute atomic E-state index is 13.1. The molecule has 2 heterocycles. The van der Waals surface area contributed by atoms with E-state index in [1.807, 2.05) is 43.3 Å². The maximum Gasteiger partial charge on any atom is 0.263 e. The second-order valence-corrected chi connectivity index (χ2v) is 9.19. The first-order valence-electron chi connectivity index (χ1n) is 10.2. The van der Waals surface area contributed by atoms with Crippen LogP contribution in [0.5, 0.6) is 0 Å². The largest absolute Gasteiger partial charge is 0.383 e. The molecule has 2 aromatic heterocycles. The maximum atomic E-state index is 13.1. The van der Waals surface area contributed by atoms with Crippen molar-refractivity contribution < 1.29 is 8.42 Å². The molecule has 0 aliphatic carbocycles. The quantitative estimate of drug-likeness (QED) is 0.446. The van der Waals surface area contributed by atoms with Crippen LogP contribution in [-0.4, -0.2) is 23.2 Å². The molecule has 4 aromatic rings. The number of nitrogens with zero attached hydrogens (tertiary/aromatic N) is 3. The normalized spacial score (nSPS) is 11.7. The Balaban J connectivity index is 1.71. The lowest BCUT2D eigenvalue weighted by Gasteiger charge is -2.13. The Morgan fingerprint density at radius 3 is 2.58 bits per heavy atom. The van der Waals surface area contributed by atoms with Gasteiger partial charge in [0.15, 0.2) is 0 Å². The number of aromatic nitrogens is 3. The summed E-state index contributed by atoms with van der Waals surface area (Å²) in [6.07, 6.45) is 4.74. The van der Waals surface area contributed by atoms with Crippen LogP contribution in [0.15, 0.2) is 65.7 Å². The van der Waals surface area contributed by atoms with Crippen molar-refractivity contribution in [2.45, 2.75) is 38.0 Å². The summed E-state index contributed by atoms with van der Waals surface area (Å²) >= 11 is 0. The standard InChI is InChI=1S/C23H25N5O2S/c1-3-4-6-17-9-11-18(12-10-17)31(29,30)27-22-15-16(2)26-28(22)21-8-5-7-20-19(21)13-14-25-23(20)24/h5,7-15,27H,3-4,6H2,1-2H3,(H2,24,25). The Kier molecular flexibility index (Phi) is 5.65. The van der Waals surface area contributed by atoms with Crippen LogP contribution in [0.3, 0.4) is 0 Å². The molecule has 2 aromatic carbocycles. The fraction of sp³-hybridized carbons (Fsp3) is 0.217. The summed E-state index contributed by atoms with van der Waals surface area (Å²) < 4.78 is 30.4. The monoisotopic (exact) mass is 435 g/mol. The van der Waals surface area contributed by atoms with Crippen LogP contribution in [0.4, 0.5) is 11.6 Å². The minimum absolute atomic E-state index is 0.213. The molecule has 0 radical (unpaired) electrons. The fourth-order valence-corrected chi connectivity index (χ4v) is 4.60. The number of anilines is 2. The number of fused-ring (bicyclic) bond motifs is 1. The van der Waals surface area contributed by atoms with Crippen LogP contribution in [-0.2, 0) is 16.4 Å². The van der Waals surface area contributed by atoms with Crippen LogP contribution in [0, 0.1) is 6.92 Å². The second kappa shape index (κ2) is 8.39. The lowest BCUT2D eigenvalue weighted by Crippen LogP contribution is -2.16. The van der Waals surface area contributed by atoms with Gasteiger partial charge in [-0.15, -0.1) is 0 Å². The Hall–Kier alpha value is -3.39. The van der Waals surface area contributed by atoms with Gasteiger partial charge in [-0.2, -0.15) is 5.10 Å². The average molecular weight is 436 g/mol. The van der Waals surface area contributed by atoms with Gasteiger partial charge in [-0.05, 0) is 49.6 Å². The predicted molar refractivity (Wildman–Crippen MR) is 124 cm³/mol. The van der Waals surface area contributed by atoms with Crippen LogP contribution < -0.4 is 10.5 Å². The summed E-state index contributed by atoms with van der Waals surface area (Å²) in [5.41, 5.74) is 8.54. The Morgan fingerprint density at radius 1 is 1.06 bits per heavy atom. The molecule has 0 atom stereocenters. The molecule has 4 rings (SSSR count). The molecule has 0 spiro atoms. The van der Waals surface area contributed by atoms with Crippen LogP contribution in [0.2, 0.25) is 0 Å². The topological polar surface area (TPSA) is 103 Å². The van der Waals surface area contributed by atoms with Crippen molar-refractivity contribution in [1.82, 2.24) is 14.8 Å². The molecule has 0 aliphatic rings. The third-order valence-electron chi connectivity index (χ3n) is 5.17. The van der Waals surface area contributed by atoms with Gasteiger partial charge < -0.3 is 5.73 Å². The van der Waals surface area contributed by atoms with Crippen LogP contribution in [0.1, 0.15) is 31.0 Å². The minimum Gasteiger partial charge on any atom is -0.383 e. The number of nitrogen functional groups attached to an aromatic ring is 1. The van der Waals surface area contributed by atoms with Crippen molar-refractivity contribution in [2.24, 2.45) is 0 Å². The molecular weight excluding hydrogens is 410 g/mol. The van der Waals surface area contributed by atoms with E-state index in [0.29, 0.717) is 23.0 Å². The van der Waals surface area contributed by atoms with Crippen molar-refractivity contribution in [3.63, 3.8) is 0 Å². The van der Waals surface area contributed by atoms with Crippen molar-refractivity contribution >= 4 is 32.4 Å². The summed E-state index contributed by atoms with van der Waals surface area (Å²) in [5.74, 6) is 0.768. The first-order chi connectivity index (χ1) is 14.9. The highest BCUT2D eigenvalue weighted by Gasteiger charge is 2.19. The molecule has 0 fully saturated rings. The van der Waals surface area contributed by atoms with Gasteiger partial charge >= 0.3 is 0 Å². The first-order valence-corrected chi connectivity index (χ1v) is 11.7. The highest BCUT2D eigenvalue weighted by atomic mass is 32.2. The fourth-order valence-electron chi connectivity index (χ4n) is 3.57. The molecule has 0 saturated heterocycles. The third-order valence-corrected chi connectivity index (χ3v) is 6.54. The van der Waals surface area contributed by atoms with Gasteiger partial charge in [-0.25, -0.2) is 18.1 Å². The number of hydrogen-bond donors (Lipinski definition) is 2. The van der Waals surface area contributed by atoms with Crippen molar-refractivity contribution in [2.75, 3.05) is 10.5 Å². The van der Waals surface area contributed by atoms with Crippen LogP contribution >= 0.6 is 0 Å². The zero-order valence-electron chi connectivity index (χ0n) is 17.5. The van der Waals surface area contributed by atoms with Gasteiger partial charge in [0.1, 0.15) is 11.6 Å². The molecule has 160 valence electrons. The molecule has 0 aliphatic heterocycles. The molecule has 8 heteroatoms. The molecule has 3 N–H and O–H groups in total. The van der Waals surface area contributed by atoms with Gasteiger partial charge in [0, 0.05) is 23.0 Å². The molecule has 0 saturated carbocycles. The summed E-state index contributed by atoms with van der Waals surface area (Å²) in [6.45, 7) is 3.95. The van der Waals surface area contributed by atoms with Gasteiger partial charge in [-0.1, -0.05) is 37.6 Å². The SMILES string of the molecule is CCCCc1ccc(S(=O)(=O)Nc2cc(C)nn2-c2cccc3c(N)nccc23)cc1. The van der Waals surface area contributed by atoms with Gasteiger partial charge in [0.25, 0.3) is 10.0 Å². The number of sulfonamides is 1. The van der Waals surface area contributed by atoms with Crippen molar-refractivity contribution in [3.8, 4) is 5.69 Å². The molecule has 31 heavy (non-hydrogen) atoms. The Bertz CT molecular complexity index is 1330. The Labute approximate surface area is 182 Å². The Morgan fingerprint density at radius 2 is 1.84 bits per heavy atom.